The molecule has 5 heteroatoms. The Morgan fingerprint density at radius 2 is 2.28 bits per heavy atom. The quantitative estimate of drug-likeness (QED) is 0.898. The van der Waals surface area contributed by atoms with Gasteiger partial charge < -0.3 is 15.8 Å². The van der Waals surface area contributed by atoms with Gasteiger partial charge in [0.15, 0.2) is 0 Å². The Kier molecular flexibility index (Phi) is 3.92. The second-order valence-electron chi connectivity index (χ2n) is 4.64. The van der Waals surface area contributed by atoms with E-state index in [1.807, 2.05) is 12.1 Å². The molecule has 4 nitrogen and oxygen atoms in total. The van der Waals surface area contributed by atoms with Crippen LogP contribution in [0.4, 0.5) is 5.69 Å². The van der Waals surface area contributed by atoms with E-state index in [0.717, 1.165) is 29.4 Å². The average molecular weight is 313 g/mol. The first-order chi connectivity index (χ1) is 8.61. The molecule has 0 radical (unpaired) electrons. The van der Waals surface area contributed by atoms with Crippen molar-refractivity contribution in [3.8, 4) is 5.75 Å². The fourth-order valence-corrected chi connectivity index (χ4v) is 2.46. The number of methoxy groups -OCH3 is 1. The van der Waals surface area contributed by atoms with Crippen molar-refractivity contribution in [2.45, 2.75) is 19.3 Å². The van der Waals surface area contributed by atoms with Crippen molar-refractivity contribution in [3.05, 3.63) is 22.7 Å². The summed E-state index contributed by atoms with van der Waals surface area (Å²) in [6.45, 7) is 0.403. The summed E-state index contributed by atoms with van der Waals surface area (Å²) in [5, 5.41) is 2.93. The topological polar surface area (TPSA) is 64.3 Å². The lowest BCUT2D eigenvalue weighted by Gasteiger charge is -2.39. The van der Waals surface area contributed by atoms with Gasteiger partial charge in [0, 0.05) is 17.1 Å². The molecule has 1 amide bonds. The van der Waals surface area contributed by atoms with Gasteiger partial charge in [-0.25, -0.2) is 0 Å². The molecule has 0 atom stereocenters. The van der Waals surface area contributed by atoms with Crippen LogP contribution >= 0.6 is 15.9 Å². The van der Waals surface area contributed by atoms with Crippen molar-refractivity contribution in [2.24, 2.45) is 11.1 Å². The van der Waals surface area contributed by atoms with Gasteiger partial charge in [-0.05, 0) is 40.9 Å². The standard InChI is InChI=1S/C13H17BrN2O2/c1-18-9-3-4-10(14)11(7-9)16-12(17)13(8-15)5-2-6-13/h3-4,7H,2,5-6,8,15H2,1H3,(H,16,17). The molecular formula is C13H17BrN2O2. The number of hydrogen-bond acceptors (Lipinski definition) is 3. The molecule has 1 aliphatic rings. The molecule has 1 aromatic carbocycles. The van der Waals surface area contributed by atoms with E-state index in [9.17, 15) is 4.79 Å². The number of carbonyl (C=O) groups is 1. The molecule has 0 unspecified atom stereocenters. The van der Waals surface area contributed by atoms with Crippen LogP contribution < -0.4 is 15.8 Å². The Morgan fingerprint density at radius 1 is 1.56 bits per heavy atom. The smallest absolute Gasteiger partial charge is 0.231 e. The second-order valence-corrected chi connectivity index (χ2v) is 5.49. The van der Waals surface area contributed by atoms with Crippen molar-refractivity contribution in [1.82, 2.24) is 0 Å². The molecule has 0 spiro atoms. The minimum atomic E-state index is -0.373. The van der Waals surface area contributed by atoms with E-state index in [1.54, 1.807) is 13.2 Å². The van der Waals surface area contributed by atoms with Gasteiger partial charge in [-0.1, -0.05) is 6.42 Å². The molecular weight excluding hydrogens is 296 g/mol. The van der Waals surface area contributed by atoms with Crippen molar-refractivity contribution in [2.75, 3.05) is 19.0 Å². The molecule has 1 fully saturated rings. The Labute approximate surface area is 115 Å². The highest BCUT2D eigenvalue weighted by Gasteiger charge is 2.42. The lowest BCUT2D eigenvalue weighted by Crippen LogP contribution is -2.47. The number of rotatable bonds is 4. The summed E-state index contributed by atoms with van der Waals surface area (Å²) in [7, 11) is 1.60. The molecule has 98 valence electrons. The number of ether oxygens (including phenoxy) is 1. The monoisotopic (exact) mass is 312 g/mol. The third-order valence-corrected chi connectivity index (χ3v) is 4.30. The van der Waals surface area contributed by atoms with Gasteiger partial charge in [-0.3, -0.25) is 4.79 Å². The zero-order chi connectivity index (χ0) is 13.2. The van der Waals surface area contributed by atoms with Crippen LogP contribution in [0.3, 0.4) is 0 Å². The van der Waals surface area contributed by atoms with Gasteiger partial charge in [0.05, 0.1) is 18.2 Å². The van der Waals surface area contributed by atoms with E-state index in [2.05, 4.69) is 21.2 Å². The fraction of sp³-hybridized carbons (Fsp3) is 0.462. The first-order valence-electron chi connectivity index (χ1n) is 5.96. The maximum atomic E-state index is 12.2. The molecule has 0 aliphatic heterocycles. The number of amides is 1. The number of benzene rings is 1. The summed E-state index contributed by atoms with van der Waals surface area (Å²) in [5.41, 5.74) is 6.07. The Bertz CT molecular complexity index is 453. The van der Waals surface area contributed by atoms with Crippen LogP contribution in [0.2, 0.25) is 0 Å². The molecule has 1 aliphatic carbocycles. The number of carbonyl (C=O) groups excluding carboxylic acids is 1. The third kappa shape index (κ3) is 2.37. The highest BCUT2D eigenvalue weighted by Crippen LogP contribution is 2.41. The van der Waals surface area contributed by atoms with Gasteiger partial charge in [0.1, 0.15) is 5.75 Å². The van der Waals surface area contributed by atoms with Crippen LogP contribution in [0.5, 0.6) is 5.75 Å². The molecule has 0 bridgehead atoms. The first kappa shape index (κ1) is 13.4. The summed E-state index contributed by atoms with van der Waals surface area (Å²) in [4.78, 5) is 12.2. The van der Waals surface area contributed by atoms with Gasteiger partial charge in [-0.15, -0.1) is 0 Å². The highest BCUT2D eigenvalue weighted by molar-refractivity contribution is 9.10. The van der Waals surface area contributed by atoms with Crippen molar-refractivity contribution in [1.29, 1.82) is 0 Å². The summed E-state index contributed by atoms with van der Waals surface area (Å²) < 4.78 is 5.98. The van der Waals surface area contributed by atoms with Gasteiger partial charge >= 0.3 is 0 Å². The van der Waals surface area contributed by atoms with Crippen molar-refractivity contribution < 1.29 is 9.53 Å². The lowest BCUT2D eigenvalue weighted by molar-refractivity contribution is -0.129. The van der Waals surface area contributed by atoms with E-state index in [-0.39, 0.29) is 11.3 Å². The van der Waals surface area contributed by atoms with E-state index in [1.165, 1.54) is 0 Å². The van der Waals surface area contributed by atoms with Crippen LogP contribution in [0.1, 0.15) is 19.3 Å². The molecule has 3 N–H and O–H groups in total. The van der Waals surface area contributed by atoms with E-state index in [0.29, 0.717) is 12.3 Å². The molecule has 1 aromatic rings. The lowest BCUT2D eigenvalue weighted by atomic mass is 9.68. The van der Waals surface area contributed by atoms with Crippen molar-refractivity contribution >= 4 is 27.5 Å². The Balaban J connectivity index is 2.16. The molecule has 18 heavy (non-hydrogen) atoms. The molecule has 0 heterocycles. The molecule has 1 saturated carbocycles. The Morgan fingerprint density at radius 3 is 2.78 bits per heavy atom. The predicted octanol–water partition coefficient (Wildman–Crippen LogP) is 2.53. The third-order valence-electron chi connectivity index (χ3n) is 3.60. The summed E-state index contributed by atoms with van der Waals surface area (Å²) >= 11 is 3.42. The van der Waals surface area contributed by atoms with Crippen LogP contribution in [0.15, 0.2) is 22.7 Å². The maximum absolute atomic E-state index is 12.2. The van der Waals surface area contributed by atoms with Gasteiger partial charge in [-0.2, -0.15) is 0 Å². The number of anilines is 1. The summed E-state index contributed by atoms with van der Waals surface area (Å²) in [6.07, 6.45) is 2.82. The number of halogens is 1. The predicted molar refractivity (Wildman–Crippen MR) is 74.7 cm³/mol. The normalized spacial score (nSPS) is 16.8. The summed E-state index contributed by atoms with van der Waals surface area (Å²) in [6, 6.07) is 5.48. The fourth-order valence-electron chi connectivity index (χ4n) is 2.11. The van der Waals surface area contributed by atoms with Gasteiger partial charge in [0.25, 0.3) is 0 Å². The SMILES string of the molecule is COc1ccc(Br)c(NC(=O)C2(CN)CCC2)c1. The minimum Gasteiger partial charge on any atom is -0.497 e. The molecule has 0 saturated heterocycles. The van der Waals surface area contributed by atoms with E-state index in [4.69, 9.17) is 10.5 Å². The zero-order valence-corrected chi connectivity index (χ0v) is 11.9. The van der Waals surface area contributed by atoms with E-state index < -0.39 is 0 Å². The number of hydrogen-bond donors (Lipinski definition) is 2. The largest absolute Gasteiger partial charge is 0.497 e. The average Bonchev–Trinajstić information content (AvgIpc) is 2.31. The first-order valence-corrected chi connectivity index (χ1v) is 6.76. The Hall–Kier alpha value is -1.07. The highest BCUT2D eigenvalue weighted by atomic mass is 79.9. The maximum Gasteiger partial charge on any atom is 0.231 e. The number of nitrogens with one attached hydrogen (secondary N) is 1. The summed E-state index contributed by atoms with van der Waals surface area (Å²) in [5.74, 6) is 0.717. The van der Waals surface area contributed by atoms with Crippen LogP contribution in [-0.4, -0.2) is 19.6 Å². The molecule has 2 rings (SSSR count). The number of nitrogens with two attached hydrogens (primary N) is 1. The minimum absolute atomic E-state index is 0.00482. The second kappa shape index (κ2) is 5.28. The van der Waals surface area contributed by atoms with E-state index >= 15 is 0 Å². The molecule has 0 aromatic heterocycles. The van der Waals surface area contributed by atoms with Crippen LogP contribution in [-0.2, 0) is 4.79 Å². The van der Waals surface area contributed by atoms with Gasteiger partial charge in [0.2, 0.25) is 5.91 Å². The van der Waals surface area contributed by atoms with Crippen LogP contribution in [0, 0.1) is 5.41 Å². The van der Waals surface area contributed by atoms with Crippen molar-refractivity contribution in [3.63, 3.8) is 0 Å². The van der Waals surface area contributed by atoms with Crippen LogP contribution in [0.25, 0.3) is 0 Å². The zero-order valence-electron chi connectivity index (χ0n) is 10.3.